The molecular weight excluding hydrogens is 556 g/mol. The summed E-state index contributed by atoms with van der Waals surface area (Å²) >= 11 is 0. The Hall–Kier alpha value is -4.02. The lowest BCUT2D eigenvalue weighted by atomic mass is 9.79. The molecule has 0 spiro atoms. The van der Waals surface area contributed by atoms with Gasteiger partial charge in [-0.3, -0.25) is 9.59 Å². The van der Waals surface area contributed by atoms with Crippen molar-refractivity contribution in [1.29, 1.82) is 0 Å². The Kier molecular flexibility index (Phi) is 8.07. The van der Waals surface area contributed by atoms with Crippen molar-refractivity contribution in [2.24, 2.45) is 5.92 Å². The first-order valence-electron chi connectivity index (χ1n) is 14.7. The minimum absolute atomic E-state index is 0.0000463. The fraction of sp³-hybridized carbons (Fsp3) is 0.394. The van der Waals surface area contributed by atoms with E-state index in [-0.39, 0.29) is 47.5 Å². The van der Waals surface area contributed by atoms with Gasteiger partial charge in [0.15, 0.2) is 5.75 Å². The molecule has 0 unspecified atom stereocenters. The molecule has 43 heavy (non-hydrogen) atoms. The number of phenols is 1. The van der Waals surface area contributed by atoms with Gasteiger partial charge in [-0.05, 0) is 85.2 Å². The van der Waals surface area contributed by atoms with Crippen molar-refractivity contribution < 1.29 is 33.0 Å². The molecule has 1 aliphatic carbocycles. The SMILES string of the molecule is COCCCN1C(=O)C(F)(F)Oc2ccc(N(C(=O)[C@H]3CNCC[C@@H]3c3cccc(-c4ccc(O)cc4)c3)C3CC3)cc21. The molecule has 0 aromatic heterocycles. The number of ether oxygens (including phenoxy) is 2. The van der Waals surface area contributed by atoms with Crippen molar-refractivity contribution in [2.45, 2.75) is 43.8 Å². The van der Waals surface area contributed by atoms with E-state index in [1.54, 1.807) is 29.2 Å². The number of piperidine rings is 1. The summed E-state index contributed by atoms with van der Waals surface area (Å²) < 4.78 is 38.7. The number of phenolic OH excluding ortho intramolecular Hbond substituents is 1. The molecule has 2 atom stereocenters. The normalized spacial score (nSPS) is 21.2. The predicted molar refractivity (Wildman–Crippen MR) is 159 cm³/mol. The number of hydrogen-bond acceptors (Lipinski definition) is 6. The third kappa shape index (κ3) is 5.94. The van der Waals surface area contributed by atoms with Gasteiger partial charge in [0, 0.05) is 38.5 Å². The Balaban J connectivity index is 1.31. The molecule has 1 saturated heterocycles. The number of anilines is 2. The average Bonchev–Trinajstić information content (AvgIpc) is 3.85. The number of aromatic hydroxyl groups is 1. The van der Waals surface area contributed by atoms with Crippen LogP contribution in [0.25, 0.3) is 11.1 Å². The van der Waals surface area contributed by atoms with Gasteiger partial charge >= 0.3 is 12.0 Å². The summed E-state index contributed by atoms with van der Waals surface area (Å²) in [4.78, 5) is 29.9. The summed E-state index contributed by atoms with van der Waals surface area (Å²) in [6.45, 7) is 1.63. The number of amides is 2. The van der Waals surface area contributed by atoms with Crippen LogP contribution in [-0.2, 0) is 14.3 Å². The second-order valence-electron chi connectivity index (χ2n) is 11.4. The van der Waals surface area contributed by atoms with Crippen LogP contribution in [0.2, 0.25) is 0 Å². The number of carbonyl (C=O) groups excluding carboxylic acids is 2. The molecule has 10 heteroatoms. The lowest BCUT2D eigenvalue weighted by Gasteiger charge is -2.37. The van der Waals surface area contributed by atoms with Crippen molar-refractivity contribution in [3.63, 3.8) is 0 Å². The Morgan fingerprint density at radius 1 is 1.09 bits per heavy atom. The Labute approximate surface area is 249 Å². The predicted octanol–water partition coefficient (Wildman–Crippen LogP) is 5.30. The van der Waals surface area contributed by atoms with E-state index in [1.165, 1.54) is 13.2 Å². The molecule has 6 rings (SSSR count). The summed E-state index contributed by atoms with van der Waals surface area (Å²) in [6, 6.07) is 19.9. The maximum atomic E-state index is 14.4. The number of rotatable bonds is 9. The van der Waals surface area contributed by atoms with E-state index in [1.807, 2.05) is 24.3 Å². The number of carbonyl (C=O) groups is 2. The van der Waals surface area contributed by atoms with E-state index in [9.17, 15) is 23.5 Å². The number of hydrogen-bond donors (Lipinski definition) is 2. The van der Waals surface area contributed by atoms with Crippen molar-refractivity contribution in [1.82, 2.24) is 5.32 Å². The highest BCUT2D eigenvalue weighted by atomic mass is 19.3. The first-order valence-corrected chi connectivity index (χ1v) is 14.7. The zero-order valence-corrected chi connectivity index (χ0v) is 24.0. The summed E-state index contributed by atoms with van der Waals surface area (Å²) in [6.07, 6.45) is -1.14. The lowest BCUT2D eigenvalue weighted by Crippen LogP contribution is -2.51. The first kappa shape index (κ1) is 29.1. The zero-order chi connectivity index (χ0) is 30.1. The Morgan fingerprint density at radius 3 is 2.63 bits per heavy atom. The van der Waals surface area contributed by atoms with Gasteiger partial charge in [0.25, 0.3) is 0 Å². The molecule has 0 radical (unpaired) electrons. The summed E-state index contributed by atoms with van der Waals surface area (Å²) in [5, 5.41) is 13.1. The molecule has 3 aromatic carbocycles. The standard InChI is InChI=1S/C33H35F2N3O5/c1-42-17-3-16-37-29-19-25(10-13-30(29)43-33(34,35)32(37)41)38(24-8-9-24)31(40)28-20-36-15-14-27(28)23-5-2-4-22(18-23)21-6-11-26(39)12-7-21/h2,4-7,10-13,18-19,24,27-28,36,39H,3,8-9,14-17,20H2,1H3/t27-,28+/m1/s1. The van der Waals surface area contributed by atoms with Gasteiger partial charge in [-0.25, -0.2) is 0 Å². The Morgan fingerprint density at radius 2 is 1.88 bits per heavy atom. The number of nitrogens with zero attached hydrogens (tertiary/aromatic N) is 2. The second-order valence-corrected chi connectivity index (χ2v) is 11.4. The van der Waals surface area contributed by atoms with Crippen LogP contribution < -0.4 is 19.9 Å². The smallest absolute Gasteiger partial charge is 0.482 e. The van der Waals surface area contributed by atoms with E-state index < -0.39 is 12.0 Å². The minimum atomic E-state index is -3.97. The fourth-order valence-corrected chi connectivity index (χ4v) is 6.14. The lowest BCUT2D eigenvalue weighted by molar-refractivity contribution is -0.192. The summed E-state index contributed by atoms with van der Waals surface area (Å²) in [7, 11) is 1.51. The highest BCUT2D eigenvalue weighted by molar-refractivity contribution is 6.03. The monoisotopic (exact) mass is 591 g/mol. The van der Waals surface area contributed by atoms with Gasteiger partial charge in [0.05, 0.1) is 11.6 Å². The number of benzene rings is 3. The van der Waals surface area contributed by atoms with Gasteiger partial charge in [-0.15, -0.1) is 0 Å². The average molecular weight is 592 g/mol. The van der Waals surface area contributed by atoms with Crippen LogP contribution >= 0.6 is 0 Å². The van der Waals surface area contributed by atoms with Gasteiger partial charge in [-0.2, -0.15) is 8.78 Å². The van der Waals surface area contributed by atoms with Gasteiger partial charge in [0.1, 0.15) is 5.75 Å². The number of halogens is 2. The molecule has 8 nitrogen and oxygen atoms in total. The molecule has 1 saturated carbocycles. The van der Waals surface area contributed by atoms with Crippen molar-refractivity contribution >= 4 is 23.2 Å². The number of fused-ring (bicyclic) bond motifs is 1. The van der Waals surface area contributed by atoms with Crippen LogP contribution in [0.3, 0.4) is 0 Å². The van der Waals surface area contributed by atoms with Crippen LogP contribution in [-0.4, -0.2) is 62.4 Å². The second kappa shape index (κ2) is 11.9. The number of alkyl halides is 2. The molecule has 3 aromatic rings. The van der Waals surface area contributed by atoms with Crippen LogP contribution in [0.4, 0.5) is 20.2 Å². The quantitative estimate of drug-likeness (QED) is 0.328. The van der Waals surface area contributed by atoms with Crippen LogP contribution in [0.1, 0.15) is 37.2 Å². The van der Waals surface area contributed by atoms with E-state index >= 15 is 0 Å². The summed E-state index contributed by atoms with van der Waals surface area (Å²) in [5.41, 5.74) is 3.83. The molecule has 2 N–H and O–H groups in total. The molecule has 2 aliphatic heterocycles. The first-order chi connectivity index (χ1) is 20.8. The highest BCUT2D eigenvalue weighted by Gasteiger charge is 2.51. The number of methoxy groups -OCH3 is 1. The van der Waals surface area contributed by atoms with Crippen LogP contribution in [0.15, 0.2) is 66.7 Å². The molecule has 3 aliphatic rings. The molecular formula is C33H35F2N3O5. The van der Waals surface area contributed by atoms with E-state index in [2.05, 4.69) is 17.4 Å². The fourth-order valence-electron chi connectivity index (χ4n) is 6.14. The zero-order valence-electron chi connectivity index (χ0n) is 24.0. The Bertz CT molecular complexity index is 1490. The molecule has 0 bridgehead atoms. The minimum Gasteiger partial charge on any atom is -0.508 e. The summed E-state index contributed by atoms with van der Waals surface area (Å²) in [5.74, 6) is -1.73. The third-order valence-corrected chi connectivity index (χ3v) is 8.44. The van der Waals surface area contributed by atoms with E-state index in [4.69, 9.17) is 9.47 Å². The molecule has 2 amide bonds. The largest absolute Gasteiger partial charge is 0.508 e. The van der Waals surface area contributed by atoms with Gasteiger partial charge in [0.2, 0.25) is 5.91 Å². The maximum Gasteiger partial charge on any atom is 0.482 e. The topological polar surface area (TPSA) is 91.3 Å². The van der Waals surface area contributed by atoms with E-state index in [0.717, 1.165) is 47.4 Å². The molecule has 2 heterocycles. The van der Waals surface area contributed by atoms with Crippen LogP contribution in [0.5, 0.6) is 11.5 Å². The van der Waals surface area contributed by atoms with Crippen molar-refractivity contribution in [3.05, 3.63) is 72.3 Å². The number of nitrogens with one attached hydrogen (secondary N) is 1. The van der Waals surface area contributed by atoms with Gasteiger partial charge < -0.3 is 29.7 Å². The molecule has 226 valence electrons. The van der Waals surface area contributed by atoms with Crippen molar-refractivity contribution in [3.8, 4) is 22.6 Å². The molecule has 2 fully saturated rings. The van der Waals surface area contributed by atoms with E-state index in [0.29, 0.717) is 25.3 Å². The van der Waals surface area contributed by atoms with Crippen molar-refractivity contribution in [2.75, 3.05) is 43.2 Å². The highest BCUT2D eigenvalue weighted by Crippen LogP contribution is 2.44. The van der Waals surface area contributed by atoms with Gasteiger partial charge in [-0.1, -0.05) is 36.4 Å². The maximum absolute atomic E-state index is 14.4. The van der Waals surface area contributed by atoms with Crippen LogP contribution in [0, 0.1) is 5.92 Å². The third-order valence-electron chi connectivity index (χ3n) is 8.44.